The molecule has 1 amide bonds. The van der Waals surface area contributed by atoms with E-state index in [-0.39, 0.29) is 18.0 Å². The third-order valence-electron chi connectivity index (χ3n) is 3.54. The second-order valence-corrected chi connectivity index (χ2v) is 6.07. The summed E-state index contributed by atoms with van der Waals surface area (Å²) in [5, 5.41) is 3.45. The van der Waals surface area contributed by atoms with E-state index < -0.39 is 11.8 Å². The highest BCUT2D eigenvalue weighted by atomic mass is 35.5. The number of nitrogens with one attached hydrogen (secondary N) is 1. The monoisotopic (exact) mass is 321 g/mol. The van der Waals surface area contributed by atoms with Crippen molar-refractivity contribution in [3.63, 3.8) is 0 Å². The smallest absolute Gasteiger partial charge is 0.310 e. The van der Waals surface area contributed by atoms with Crippen molar-refractivity contribution in [2.75, 3.05) is 5.32 Å². The van der Waals surface area contributed by atoms with Crippen LogP contribution < -0.4 is 5.32 Å². The Morgan fingerprint density at radius 2 is 1.73 bits per heavy atom. The van der Waals surface area contributed by atoms with E-state index in [1.165, 1.54) is 0 Å². The number of hydrogen-bond acceptors (Lipinski definition) is 3. The predicted octanol–water partition coefficient (Wildman–Crippen LogP) is 3.81. The molecule has 2 atom stereocenters. The Bertz CT molecular complexity index is 566. The average molecular weight is 322 g/mol. The number of hydrogen-bond donors (Lipinski definition) is 1. The Labute approximate surface area is 135 Å². The molecule has 0 saturated heterocycles. The summed E-state index contributed by atoms with van der Waals surface area (Å²) in [6.45, 7) is 3.61. The van der Waals surface area contributed by atoms with Gasteiger partial charge in [0.2, 0.25) is 5.91 Å². The molecule has 1 aromatic carbocycles. The van der Waals surface area contributed by atoms with Crippen LogP contribution in [0.2, 0.25) is 5.02 Å². The van der Waals surface area contributed by atoms with E-state index in [1.54, 1.807) is 38.1 Å². The molecular weight excluding hydrogens is 302 g/mol. The maximum absolute atomic E-state index is 12.5. The Balaban J connectivity index is 2.06. The molecular formula is C17H20ClNO3. The van der Waals surface area contributed by atoms with Crippen molar-refractivity contribution in [1.82, 2.24) is 0 Å². The molecule has 1 aromatic rings. The fraction of sp³-hybridized carbons (Fsp3) is 0.412. The molecule has 0 saturated carbocycles. The molecule has 0 spiro atoms. The van der Waals surface area contributed by atoms with E-state index in [9.17, 15) is 9.59 Å². The van der Waals surface area contributed by atoms with Crippen LogP contribution in [0.15, 0.2) is 36.4 Å². The molecule has 0 aromatic heterocycles. The van der Waals surface area contributed by atoms with Gasteiger partial charge in [-0.2, -0.15) is 0 Å². The van der Waals surface area contributed by atoms with E-state index >= 15 is 0 Å². The Morgan fingerprint density at radius 1 is 1.14 bits per heavy atom. The van der Waals surface area contributed by atoms with Crippen molar-refractivity contribution in [3.8, 4) is 0 Å². The summed E-state index contributed by atoms with van der Waals surface area (Å²) in [4.78, 5) is 24.6. The van der Waals surface area contributed by atoms with Gasteiger partial charge in [0.05, 0.1) is 17.9 Å². The highest BCUT2D eigenvalue weighted by Crippen LogP contribution is 2.28. The number of allylic oxidation sites excluding steroid dienone is 2. The molecule has 0 radical (unpaired) electrons. The van der Waals surface area contributed by atoms with E-state index in [2.05, 4.69) is 5.32 Å². The average Bonchev–Trinajstić information content (AvgIpc) is 2.49. The standard InChI is InChI=1S/C17H20ClNO3/c1-11(2)22-17(21)15-6-4-3-5-14(15)16(20)19-13-9-7-12(18)8-10-13/h3-4,7-11,14-15H,5-6H2,1-2H3,(H,19,20)/t14-,15+/m0/s1. The summed E-state index contributed by atoms with van der Waals surface area (Å²) >= 11 is 5.83. The molecule has 2 rings (SSSR count). The molecule has 1 N–H and O–H groups in total. The van der Waals surface area contributed by atoms with Crippen molar-refractivity contribution >= 4 is 29.2 Å². The minimum Gasteiger partial charge on any atom is -0.463 e. The van der Waals surface area contributed by atoms with E-state index in [0.29, 0.717) is 23.6 Å². The summed E-state index contributed by atoms with van der Waals surface area (Å²) in [5.74, 6) is -1.32. The van der Waals surface area contributed by atoms with Crippen LogP contribution in [0.3, 0.4) is 0 Å². The number of amides is 1. The predicted molar refractivity (Wildman–Crippen MR) is 86.7 cm³/mol. The third kappa shape index (κ3) is 4.34. The van der Waals surface area contributed by atoms with Gasteiger partial charge in [-0.1, -0.05) is 23.8 Å². The first-order valence-corrected chi connectivity index (χ1v) is 7.77. The first-order chi connectivity index (χ1) is 10.5. The molecule has 0 fully saturated rings. The maximum atomic E-state index is 12.5. The molecule has 22 heavy (non-hydrogen) atoms. The van der Waals surface area contributed by atoms with Crippen LogP contribution in [0, 0.1) is 11.8 Å². The molecule has 0 unspecified atom stereocenters. The number of anilines is 1. The molecule has 1 aliphatic carbocycles. The quantitative estimate of drug-likeness (QED) is 0.677. The van der Waals surface area contributed by atoms with E-state index in [1.807, 2.05) is 12.2 Å². The number of benzene rings is 1. The van der Waals surface area contributed by atoms with Crippen molar-refractivity contribution in [3.05, 3.63) is 41.4 Å². The van der Waals surface area contributed by atoms with Crippen molar-refractivity contribution in [1.29, 1.82) is 0 Å². The van der Waals surface area contributed by atoms with Gasteiger partial charge >= 0.3 is 5.97 Å². The first-order valence-electron chi connectivity index (χ1n) is 7.39. The molecule has 0 aliphatic heterocycles. The van der Waals surface area contributed by atoms with Crippen molar-refractivity contribution in [2.24, 2.45) is 11.8 Å². The summed E-state index contributed by atoms with van der Waals surface area (Å²) in [6.07, 6.45) is 4.75. The second-order valence-electron chi connectivity index (χ2n) is 5.64. The first kappa shape index (κ1) is 16.6. The summed E-state index contributed by atoms with van der Waals surface area (Å²) in [7, 11) is 0. The van der Waals surface area contributed by atoms with Gasteiger partial charge in [-0.15, -0.1) is 0 Å². The normalized spacial score (nSPS) is 20.7. The van der Waals surface area contributed by atoms with Gasteiger partial charge in [-0.25, -0.2) is 0 Å². The topological polar surface area (TPSA) is 55.4 Å². The molecule has 4 nitrogen and oxygen atoms in total. The fourth-order valence-electron chi connectivity index (χ4n) is 2.45. The lowest BCUT2D eigenvalue weighted by Gasteiger charge is -2.26. The largest absolute Gasteiger partial charge is 0.463 e. The van der Waals surface area contributed by atoms with Crippen LogP contribution >= 0.6 is 11.6 Å². The van der Waals surface area contributed by atoms with Gasteiger partial charge in [0.25, 0.3) is 0 Å². The molecule has 1 aliphatic rings. The van der Waals surface area contributed by atoms with Gasteiger partial charge in [-0.3, -0.25) is 9.59 Å². The van der Waals surface area contributed by atoms with Crippen LogP contribution in [0.5, 0.6) is 0 Å². The SMILES string of the molecule is CC(C)OC(=O)[C@@H]1CC=CC[C@@H]1C(=O)Nc1ccc(Cl)cc1. The van der Waals surface area contributed by atoms with Gasteiger partial charge in [0.1, 0.15) is 0 Å². The summed E-state index contributed by atoms with van der Waals surface area (Å²) in [5.41, 5.74) is 0.667. The van der Waals surface area contributed by atoms with Crippen LogP contribution in [-0.4, -0.2) is 18.0 Å². The zero-order chi connectivity index (χ0) is 16.1. The van der Waals surface area contributed by atoms with Crippen LogP contribution in [0.4, 0.5) is 5.69 Å². The lowest BCUT2D eigenvalue weighted by Crippen LogP contribution is -2.36. The van der Waals surface area contributed by atoms with Gasteiger partial charge in [-0.05, 0) is 51.0 Å². The second kappa shape index (κ2) is 7.45. The lowest BCUT2D eigenvalue weighted by molar-refractivity contribution is -0.156. The van der Waals surface area contributed by atoms with Crippen LogP contribution in [0.1, 0.15) is 26.7 Å². The molecule has 5 heteroatoms. The highest BCUT2D eigenvalue weighted by Gasteiger charge is 2.35. The molecule has 0 heterocycles. The minimum atomic E-state index is -0.431. The number of rotatable bonds is 4. The summed E-state index contributed by atoms with van der Waals surface area (Å²) in [6, 6.07) is 6.89. The number of ether oxygens (including phenoxy) is 1. The highest BCUT2D eigenvalue weighted by molar-refractivity contribution is 6.30. The van der Waals surface area contributed by atoms with Crippen LogP contribution in [-0.2, 0) is 14.3 Å². The van der Waals surface area contributed by atoms with E-state index in [4.69, 9.17) is 16.3 Å². The van der Waals surface area contributed by atoms with Crippen LogP contribution in [0.25, 0.3) is 0 Å². The molecule has 118 valence electrons. The number of halogens is 1. The lowest BCUT2D eigenvalue weighted by atomic mass is 9.82. The molecule has 0 bridgehead atoms. The fourth-order valence-corrected chi connectivity index (χ4v) is 2.58. The van der Waals surface area contributed by atoms with Gasteiger partial charge in [0, 0.05) is 10.7 Å². The van der Waals surface area contributed by atoms with Gasteiger partial charge < -0.3 is 10.1 Å². The van der Waals surface area contributed by atoms with E-state index in [0.717, 1.165) is 0 Å². The van der Waals surface area contributed by atoms with Crippen molar-refractivity contribution in [2.45, 2.75) is 32.8 Å². The summed E-state index contributed by atoms with van der Waals surface area (Å²) < 4.78 is 5.27. The van der Waals surface area contributed by atoms with Crippen molar-refractivity contribution < 1.29 is 14.3 Å². The maximum Gasteiger partial charge on any atom is 0.310 e. The Morgan fingerprint density at radius 3 is 2.32 bits per heavy atom. The third-order valence-corrected chi connectivity index (χ3v) is 3.79. The number of esters is 1. The Hall–Kier alpha value is -1.81. The zero-order valence-corrected chi connectivity index (χ0v) is 13.5. The Kier molecular flexibility index (Phi) is 5.61. The number of carbonyl (C=O) groups excluding carboxylic acids is 2. The van der Waals surface area contributed by atoms with Gasteiger partial charge in [0.15, 0.2) is 0 Å². The minimum absolute atomic E-state index is 0.169. The zero-order valence-electron chi connectivity index (χ0n) is 12.7. The number of carbonyl (C=O) groups is 2.